The van der Waals surface area contributed by atoms with Crippen LogP contribution in [0.5, 0.6) is 11.5 Å². The molecule has 0 aliphatic carbocycles. The smallest absolute Gasteiger partial charge is 0.231 e. The number of hydrogen-bond acceptors (Lipinski definition) is 4. The number of nitrogens with two attached hydrogens (primary N) is 1. The van der Waals surface area contributed by atoms with Gasteiger partial charge in [-0.3, -0.25) is 4.99 Å². The molecule has 2 N–H and O–H groups in total. The van der Waals surface area contributed by atoms with Crippen molar-refractivity contribution in [3.63, 3.8) is 0 Å². The van der Waals surface area contributed by atoms with Crippen LogP contribution < -0.4 is 15.2 Å². The van der Waals surface area contributed by atoms with Crippen molar-refractivity contribution < 1.29 is 9.47 Å². The zero-order chi connectivity index (χ0) is 11.4. The number of amidine groups is 1. The minimum absolute atomic E-state index is 0. The van der Waals surface area contributed by atoms with E-state index in [1.165, 1.54) is 17.3 Å². The molecule has 0 saturated carbocycles. The molecule has 0 fully saturated rings. The van der Waals surface area contributed by atoms with E-state index >= 15 is 0 Å². The van der Waals surface area contributed by atoms with Crippen LogP contribution in [-0.2, 0) is 6.42 Å². The number of aliphatic imine (C=N–C) groups is 1. The van der Waals surface area contributed by atoms with Crippen molar-refractivity contribution in [1.29, 1.82) is 0 Å². The Bertz CT molecular complexity index is 412. The van der Waals surface area contributed by atoms with E-state index in [9.17, 15) is 0 Å². The zero-order valence-corrected chi connectivity index (χ0v) is 12.7. The number of nitrogens with zero attached hydrogens (tertiary/aromatic N) is 1. The first-order valence-electron chi connectivity index (χ1n) is 5.02. The predicted octanol–water partition coefficient (Wildman–Crippen LogP) is 2.25. The molecular formula is C11H15IN2O2S. The molecule has 94 valence electrons. The van der Waals surface area contributed by atoms with Crippen molar-refractivity contribution in [3.8, 4) is 11.5 Å². The lowest BCUT2D eigenvalue weighted by atomic mass is 10.1. The van der Waals surface area contributed by atoms with E-state index in [4.69, 9.17) is 15.2 Å². The van der Waals surface area contributed by atoms with Crippen LogP contribution in [0.4, 0.5) is 0 Å². The maximum atomic E-state index is 5.60. The van der Waals surface area contributed by atoms with E-state index in [-0.39, 0.29) is 24.0 Å². The highest BCUT2D eigenvalue weighted by Crippen LogP contribution is 2.32. The fourth-order valence-corrected chi connectivity index (χ4v) is 1.68. The predicted molar refractivity (Wildman–Crippen MR) is 81.7 cm³/mol. The number of rotatable bonds is 3. The first-order valence-corrected chi connectivity index (χ1v) is 6.24. The second-order valence-corrected chi connectivity index (χ2v) is 4.19. The Balaban J connectivity index is 0.00000144. The lowest BCUT2D eigenvalue weighted by Crippen LogP contribution is -2.06. The quantitative estimate of drug-likeness (QED) is 0.507. The van der Waals surface area contributed by atoms with Crippen molar-refractivity contribution in [3.05, 3.63) is 23.8 Å². The van der Waals surface area contributed by atoms with Crippen LogP contribution >= 0.6 is 35.7 Å². The SMILES string of the molecule is CSC(N)=NCCc1ccc2c(c1)OCO2.I. The number of halogens is 1. The van der Waals surface area contributed by atoms with Crippen LogP contribution in [0.3, 0.4) is 0 Å². The molecule has 0 amide bonds. The van der Waals surface area contributed by atoms with Crippen LogP contribution in [0, 0.1) is 0 Å². The first kappa shape index (κ1) is 14.4. The second kappa shape index (κ2) is 6.95. The summed E-state index contributed by atoms with van der Waals surface area (Å²) in [5.41, 5.74) is 6.78. The Morgan fingerprint density at radius 2 is 2.18 bits per heavy atom. The fourth-order valence-electron chi connectivity index (χ4n) is 1.46. The topological polar surface area (TPSA) is 56.8 Å². The lowest BCUT2D eigenvalue weighted by molar-refractivity contribution is 0.174. The highest BCUT2D eigenvalue weighted by atomic mass is 127. The highest BCUT2D eigenvalue weighted by molar-refractivity contribution is 14.0. The van der Waals surface area contributed by atoms with Crippen molar-refractivity contribution in [1.82, 2.24) is 0 Å². The Morgan fingerprint density at radius 3 is 2.94 bits per heavy atom. The molecular weight excluding hydrogens is 351 g/mol. The molecule has 1 aliphatic heterocycles. The Morgan fingerprint density at radius 1 is 1.41 bits per heavy atom. The molecule has 0 spiro atoms. The van der Waals surface area contributed by atoms with Gasteiger partial charge in [-0.15, -0.1) is 24.0 Å². The van der Waals surface area contributed by atoms with E-state index in [0.29, 0.717) is 18.5 Å². The molecule has 17 heavy (non-hydrogen) atoms. The minimum atomic E-state index is 0. The summed E-state index contributed by atoms with van der Waals surface area (Å²) in [6.07, 6.45) is 2.78. The molecule has 1 aliphatic rings. The molecule has 0 unspecified atom stereocenters. The number of benzene rings is 1. The molecule has 0 atom stereocenters. The average Bonchev–Trinajstić information content (AvgIpc) is 2.76. The molecule has 0 radical (unpaired) electrons. The third-order valence-electron chi connectivity index (χ3n) is 2.31. The maximum absolute atomic E-state index is 5.60. The summed E-state index contributed by atoms with van der Waals surface area (Å²) >= 11 is 1.46. The van der Waals surface area contributed by atoms with Gasteiger partial charge in [0.15, 0.2) is 16.7 Å². The Kier molecular flexibility index (Phi) is 5.90. The van der Waals surface area contributed by atoms with Crippen LogP contribution in [0.25, 0.3) is 0 Å². The van der Waals surface area contributed by atoms with Crippen LogP contribution in [0.2, 0.25) is 0 Å². The summed E-state index contributed by atoms with van der Waals surface area (Å²) < 4.78 is 10.5. The van der Waals surface area contributed by atoms with Crippen LogP contribution in [0.15, 0.2) is 23.2 Å². The van der Waals surface area contributed by atoms with E-state index in [1.54, 1.807) is 0 Å². The zero-order valence-electron chi connectivity index (χ0n) is 9.51. The molecule has 0 bridgehead atoms. The highest BCUT2D eigenvalue weighted by Gasteiger charge is 2.12. The van der Waals surface area contributed by atoms with E-state index in [1.807, 2.05) is 24.5 Å². The summed E-state index contributed by atoms with van der Waals surface area (Å²) in [5, 5.41) is 0.626. The van der Waals surface area contributed by atoms with Gasteiger partial charge in [0.2, 0.25) is 6.79 Å². The van der Waals surface area contributed by atoms with Gasteiger partial charge in [-0.05, 0) is 30.4 Å². The lowest BCUT2D eigenvalue weighted by Gasteiger charge is -2.01. The van der Waals surface area contributed by atoms with Crippen molar-refractivity contribution in [2.24, 2.45) is 10.7 Å². The average molecular weight is 366 g/mol. The third kappa shape index (κ3) is 3.95. The fraction of sp³-hybridized carbons (Fsp3) is 0.364. The van der Waals surface area contributed by atoms with E-state index in [0.717, 1.165) is 17.9 Å². The molecule has 0 aromatic heterocycles. The van der Waals surface area contributed by atoms with Crippen molar-refractivity contribution >= 4 is 40.9 Å². The minimum Gasteiger partial charge on any atom is -0.454 e. The van der Waals surface area contributed by atoms with Gasteiger partial charge >= 0.3 is 0 Å². The Labute approximate surface area is 122 Å². The molecule has 4 nitrogen and oxygen atoms in total. The molecule has 2 rings (SSSR count). The van der Waals surface area contributed by atoms with Gasteiger partial charge in [0.1, 0.15) is 0 Å². The van der Waals surface area contributed by atoms with Gasteiger partial charge in [-0.1, -0.05) is 17.8 Å². The number of hydrogen-bond donors (Lipinski definition) is 1. The molecule has 0 saturated heterocycles. The van der Waals surface area contributed by atoms with Gasteiger partial charge in [0.25, 0.3) is 0 Å². The first-order chi connectivity index (χ1) is 7.79. The summed E-state index contributed by atoms with van der Waals surface area (Å²) in [6, 6.07) is 5.95. The standard InChI is InChI=1S/C11H14N2O2S.HI/c1-16-11(12)13-5-4-8-2-3-9-10(6-8)15-7-14-9;/h2-3,6H,4-5,7H2,1H3,(H2,12,13);1H. The molecule has 1 aromatic carbocycles. The van der Waals surface area contributed by atoms with Crippen LogP contribution in [0.1, 0.15) is 5.56 Å². The molecule has 6 heteroatoms. The monoisotopic (exact) mass is 366 g/mol. The summed E-state index contributed by atoms with van der Waals surface area (Å²) in [5.74, 6) is 1.63. The molecule has 1 heterocycles. The van der Waals surface area contributed by atoms with Crippen molar-refractivity contribution in [2.45, 2.75) is 6.42 Å². The van der Waals surface area contributed by atoms with Gasteiger partial charge < -0.3 is 15.2 Å². The number of fused-ring (bicyclic) bond motifs is 1. The summed E-state index contributed by atoms with van der Waals surface area (Å²) in [6.45, 7) is 1.02. The van der Waals surface area contributed by atoms with E-state index in [2.05, 4.69) is 4.99 Å². The Hall–Kier alpha value is -0.630. The number of thioether (sulfide) groups is 1. The third-order valence-corrected chi connectivity index (χ3v) is 2.86. The van der Waals surface area contributed by atoms with Gasteiger partial charge in [-0.25, -0.2) is 0 Å². The second-order valence-electron chi connectivity index (χ2n) is 3.36. The summed E-state index contributed by atoms with van der Waals surface area (Å²) in [4.78, 5) is 4.22. The normalized spacial score (nSPS) is 13.4. The van der Waals surface area contributed by atoms with Crippen molar-refractivity contribution in [2.75, 3.05) is 19.6 Å². The molecule has 1 aromatic rings. The van der Waals surface area contributed by atoms with Gasteiger partial charge in [-0.2, -0.15) is 0 Å². The number of ether oxygens (including phenoxy) is 2. The van der Waals surface area contributed by atoms with Crippen LogP contribution in [-0.4, -0.2) is 24.8 Å². The summed E-state index contributed by atoms with van der Waals surface area (Å²) in [7, 11) is 0. The van der Waals surface area contributed by atoms with Gasteiger partial charge in [0, 0.05) is 6.54 Å². The van der Waals surface area contributed by atoms with Gasteiger partial charge in [0.05, 0.1) is 0 Å². The largest absolute Gasteiger partial charge is 0.454 e. The van der Waals surface area contributed by atoms with E-state index < -0.39 is 0 Å². The maximum Gasteiger partial charge on any atom is 0.231 e.